The fourth-order valence-corrected chi connectivity index (χ4v) is 4.24. The van der Waals surface area contributed by atoms with E-state index in [9.17, 15) is 0 Å². The molecule has 36 heavy (non-hydrogen) atoms. The lowest BCUT2D eigenvalue weighted by Gasteiger charge is -2.20. The highest BCUT2D eigenvalue weighted by Crippen LogP contribution is 2.44. The molecule has 0 atom stereocenters. The number of fused-ring (bicyclic) bond motifs is 4. The summed E-state index contributed by atoms with van der Waals surface area (Å²) in [6, 6.07) is 7.91. The molecule has 0 fully saturated rings. The van der Waals surface area contributed by atoms with Crippen LogP contribution in [0.4, 0.5) is 11.5 Å². The number of aromatic nitrogens is 2. The standard InChI is InChI=1S/C25H30N4O5.2ClH/c1-29-8-4-3-5-9-31-21-12-18-19(13-22(21)32-11-10-30-2)26-15-27-25(18)28-23-17(14-29)6-7-20-24(23)34-16-33-20;;/h6-7,12-13,15H,3-5,8-11,14,16H2,1-2H3,(H,26,27,28);2*1H. The van der Waals surface area contributed by atoms with Crippen LogP contribution in [0.25, 0.3) is 10.9 Å². The van der Waals surface area contributed by atoms with Crippen molar-refractivity contribution in [3.05, 3.63) is 36.2 Å². The van der Waals surface area contributed by atoms with E-state index < -0.39 is 0 Å². The van der Waals surface area contributed by atoms with E-state index in [1.54, 1.807) is 13.4 Å². The minimum atomic E-state index is 0. The maximum Gasteiger partial charge on any atom is 0.231 e. The van der Waals surface area contributed by atoms with Gasteiger partial charge < -0.3 is 33.9 Å². The molecule has 0 amide bonds. The molecule has 0 saturated carbocycles. The maximum atomic E-state index is 6.17. The zero-order valence-electron chi connectivity index (χ0n) is 20.5. The van der Waals surface area contributed by atoms with Crippen LogP contribution >= 0.6 is 24.8 Å². The Kier molecular flexibility index (Phi) is 10.1. The van der Waals surface area contributed by atoms with Gasteiger partial charge in [-0.1, -0.05) is 6.07 Å². The highest BCUT2D eigenvalue weighted by molar-refractivity contribution is 5.94. The summed E-state index contributed by atoms with van der Waals surface area (Å²) in [6.45, 7) is 3.51. The maximum absolute atomic E-state index is 6.17. The fraction of sp³-hybridized carbons (Fsp3) is 0.440. The van der Waals surface area contributed by atoms with Crippen molar-refractivity contribution in [2.45, 2.75) is 25.8 Å². The van der Waals surface area contributed by atoms with Gasteiger partial charge in [-0.15, -0.1) is 24.8 Å². The van der Waals surface area contributed by atoms with Crippen LogP contribution < -0.4 is 24.3 Å². The third kappa shape index (κ3) is 6.15. The van der Waals surface area contributed by atoms with Gasteiger partial charge in [-0.2, -0.15) is 0 Å². The monoisotopic (exact) mass is 538 g/mol. The second-order valence-electron chi connectivity index (χ2n) is 8.49. The van der Waals surface area contributed by atoms with Gasteiger partial charge in [0.2, 0.25) is 6.79 Å². The van der Waals surface area contributed by atoms with Gasteiger partial charge in [0.25, 0.3) is 0 Å². The first-order valence-corrected chi connectivity index (χ1v) is 11.6. The zero-order chi connectivity index (χ0) is 23.3. The summed E-state index contributed by atoms with van der Waals surface area (Å²) in [5.74, 6) is 3.42. The highest BCUT2D eigenvalue weighted by Gasteiger charge is 2.23. The van der Waals surface area contributed by atoms with Gasteiger partial charge in [-0.25, -0.2) is 9.97 Å². The first kappa shape index (κ1) is 27.9. The normalized spacial score (nSPS) is 15.4. The average molecular weight is 539 g/mol. The van der Waals surface area contributed by atoms with E-state index in [0.29, 0.717) is 42.9 Å². The largest absolute Gasteiger partial charge is 0.490 e. The summed E-state index contributed by atoms with van der Waals surface area (Å²) < 4.78 is 28.7. The first-order chi connectivity index (χ1) is 16.7. The van der Waals surface area contributed by atoms with Gasteiger partial charge in [-0.3, -0.25) is 0 Å². The van der Waals surface area contributed by atoms with Crippen LogP contribution in [0.1, 0.15) is 24.8 Å². The van der Waals surface area contributed by atoms with E-state index in [1.807, 2.05) is 18.2 Å². The number of nitrogens with zero attached hydrogens (tertiary/aromatic N) is 3. The number of halogens is 2. The van der Waals surface area contributed by atoms with E-state index >= 15 is 0 Å². The molecule has 3 aromatic rings. The van der Waals surface area contributed by atoms with Crippen molar-refractivity contribution in [3.63, 3.8) is 0 Å². The van der Waals surface area contributed by atoms with Gasteiger partial charge in [0.15, 0.2) is 23.0 Å². The second kappa shape index (κ2) is 13.0. The number of anilines is 2. The van der Waals surface area contributed by atoms with E-state index in [4.69, 9.17) is 23.7 Å². The number of methoxy groups -OCH3 is 1. The van der Waals surface area contributed by atoms with Crippen LogP contribution in [0.2, 0.25) is 0 Å². The number of rotatable bonds is 4. The molecule has 2 aliphatic heterocycles. The Bertz CT molecular complexity index is 1170. The van der Waals surface area contributed by atoms with E-state index in [0.717, 1.165) is 60.3 Å². The molecule has 5 rings (SSSR count). The smallest absolute Gasteiger partial charge is 0.231 e. The Balaban J connectivity index is 0.00000180. The topological polar surface area (TPSA) is 87.2 Å². The number of hydrogen-bond acceptors (Lipinski definition) is 9. The summed E-state index contributed by atoms with van der Waals surface area (Å²) in [7, 11) is 3.79. The third-order valence-electron chi connectivity index (χ3n) is 6.00. The molecule has 2 bridgehead atoms. The predicted octanol–water partition coefficient (Wildman–Crippen LogP) is 4.97. The number of benzene rings is 2. The Morgan fingerprint density at radius 3 is 2.75 bits per heavy atom. The minimum Gasteiger partial charge on any atom is -0.490 e. The molecule has 0 radical (unpaired) electrons. The second-order valence-corrected chi connectivity index (χ2v) is 8.49. The van der Waals surface area contributed by atoms with Crippen molar-refractivity contribution in [1.82, 2.24) is 14.9 Å². The molecule has 2 aromatic carbocycles. The molecule has 196 valence electrons. The number of nitrogens with one attached hydrogen (secondary N) is 1. The molecule has 11 heteroatoms. The summed E-state index contributed by atoms with van der Waals surface area (Å²) in [6.07, 6.45) is 4.69. The molecule has 3 heterocycles. The SMILES string of the molecule is COCCOc1cc2ncnc3c2cc1OCCCCCN(C)Cc1ccc2c(c1N3)OCO2.Cl.Cl. The molecular weight excluding hydrogens is 507 g/mol. The van der Waals surface area contributed by atoms with Crippen LogP contribution in [0, 0.1) is 0 Å². The third-order valence-corrected chi connectivity index (χ3v) is 6.00. The highest BCUT2D eigenvalue weighted by atomic mass is 35.5. The Morgan fingerprint density at radius 1 is 1.00 bits per heavy atom. The van der Waals surface area contributed by atoms with Crippen LogP contribution in [0.5, 0.6) is 23.0 Å². The molecule has 1 aromatic heterocycles. The van der Waals surface area contributed by atoms with Crippen molar-refractivity contribution in [2.24, 2.45) is 0 Å². The van der Waals surface area contributed by atoms with Crippen molar-refractivity contribution in [2.75, 3.05) is 52.6 Å². The average Bonchev–Trinajstić information content (AvgIpc) is 3.32. The molecule has 0 unspecified atom stereocenters. The van der Waals surface area contributed by atoms with Crippen LogP contribution in [-0.2, 0) is 11.3 Å². The summed E-state index contributed by atoms with van der Waals surface area (Å²) in [5, 5.41) is 4.36. The van der Waals surface area contributed by atoms with Crippen molar-refractivity contribution in [3.8, 4) is 23.0 Å². The molecule has 2 aliphatic rings. The molecule has 0 aliphatic carbocycles. The predicted molar refractivity (Wildman–Crippen MR) is 143 cm³/mol. The number of ether oxygens (including phenoxy) is 5. The van der Waals surface area contributed by atoms with Gasteiger partial charge in [0.05, 0.1) is 24.4 Å². The van der Waals surface area contributed by atoms with E-state index in [2.05, 4.69) is 33.3 Å². The lowest BCUT2D eigenvalue weighted by Crippen LogP contribution is -2.20. The lowest BCUT2D eigenvalue weighted by molar-refractivity contribution is 0.143. The molecule has 0 saturated heterocycles. The summed E-state index contributed by atoms with van der Waals surface area (Å²) in [5.41, 5.74) is 2.73. The zero-order valence-corrected chi connectivity index (χ0v) is 22.1. The van der Waals surface area contributed by atoms with Crippen LogP contribution in [-0.4, -0.2) is 62.2 Å². The first-order valence-electron chi connectivity index (χ1n) is 11.6. The quantitative estimate of drug-likeness (QED) is 0.462. The van der Waals surface area contributed by atoms with E-state index in [1.165, 1.54) is 0 Å². The fourth-order valence-electron chi connectivity index (χ4n) is 4.24. The molecule has 0 spiro atoms. The van der Waals surface area contributed by atoms with Crippen molar-refractivity contribution in [1.29, 1.82) is 0 Å². The summed E-state index contributed by atoms with van der Waals surface area (Å²) >= 11 is 0. The van der Waals surface area contributed by atoms with E-state index in [-0.39, 0.29) is 31.6 Å². The Hall–Kier alpha value is -2.72. The van der Waals surface area contributed by atoms with Crippen molar-refractivity contribution < 1.29 is 23.7 Å². The minimum absolute atomic E-state index is 0. The number of hydrogen-bond donors (Lipinski definition) is 1. The van der Waals surface area contributed by atoms with Gasteiger partial charge >= 0.3 is 0 Å². The van der Waals surface area contributed by atoms with Gasteiger partial charge in [0, 0.05) is 25.1 Å². The Labute approximate surface area is 223 Å². The van der Waals surface area contributed by atoms with Crippen LogP contribution in [0.15, 0.2) is 30.6 Å². The lowest BCUT2D eigenvalue weighted by atomic mass is 10.1. The Morgan fingerprint density at radius 2 is 1.89 bits per heavy atom. The summed E-state index contributed by atoms with van der Waals surface area (Å²) in [4.78, 5) is 11.4. The van der Waals surface area contributed by atoms with Gasteiger partial charge in [0.1, 0.15) is 18.8 Å². The molecular formula is C25H32Cl2N4O5. The molecule has 9 nitrogen and oxygen atoms in total. The van der Waals surface area contributed by atoms with Gasteiger partial charge in [-0.05, 0) is 50.6 Å². The van der Waals surface area contributed by atoms with Crippen LogP contribution in [0.3, 0.4) is 0 Å². The van der Waals surface area contributed by atoms with Crippen molar-refractivity contribution >= 4 is 47.2 Å². The molecule has 1 N–H and O–H groups in total.